The predicted molar refractivity (Wildman–Crippen MR) is 123 cm³/mol. The quantitative estimate of drug-likeness (QED) is 0.375. The van der Waals surface area contributed by atoms with E-state index in [2.05, 4.69) is 67.7 Å². The summed E-state index contributed by atoms with van der Waals surface area (Å²) in [5, 5.41) is 6.71. The first-order valence-corrected chi connectivity index (χ1v) is 11.1. The van der Waals surface area contributed by atoms with Crippen molar-refractivity contribution in [3.8, 4) is 0 Å². The molecular formula is C23H36N6O. The molecule has 1 aromatic carbocycles. The van der Waals surface area contributed by atoms with Crippen molar-refractivity contribution in [3.05, 3.63) is 47.7 Å². The fraction of sp³-hybridized carbons (Fsp3) is 0.565. The topological polar surface area (TPSA) is 68.9 Å². The van der Waals surface area contributed by atoms with Crippen LogP contribution in [0, 0.1) is 13.8 Å². The third kappa shape index (κ3) is 6.76. The largest absolute Gasteiger partial charge is 0.444 e. The first-order valence-electron chi connectivity index (χ1n) is 11.1. The number of anilines is 1. The van der Waals surface area contributed by atoms with Gasteiger partial charge in [-0.15, -0.1) is 0 Å². The van der Waals surface area contributed by atoms with Crippen LogP contribution in [0.4, 0.5) is 5.69 Å². The van der Waals surface area contributed by atoms with E-state index in [-0.39, 0.29) is 0 Å². The Morgan fingerprint density at radius 2 is 1.83 bits per heavy atom. The lowest BCUT2D eigenvalue weighted by Crippen LogP contribution is -2.46. The van der Waals surface area contributed by atoms with Gasteiger partial charge in [-0.25, -0.2) is 9.98 Å². The van der Waals surface area contributed by atoms with Gasteiger partial charge < -0.3 is 20.0 Å². The average molecular weight is 413 g/mol. The van der Waals surface area contributed by atoms with Gasteiger partial charge in [-0.2, -0.15) is 0 Å². The highest BCUT2D eigenvalue weighted by atomic mass is 16.4. The molecule has 30 heavy (non-hydrogen) atoms. The number of hydrogen-bond donors (Lipinski definition) is 2. The second-order valence-electron chi connectivity index (χ2n) is 7.74. The van der Waals surface area contributed by atoms with Gasteiger partial charge in [0.05, 0.1) is 5.69 Å². The number of para-hydroxylation sites is 1. The van der Waals surface area contributed by atoms with Crippen LogP contribution in [-0.2, 0) is 6.54 Å². The number of piperazine rings is 1. The maximum Gasteiger partial charge on any atom is 0.216 e. The lowest BCUT2D eigenvalue weighted by molar-refractivity contribution is 0.253. The number of benzene rings is 1. The normalized spacial score (nSPS) is 15.4. The molecule has 1 aliphatic heterocycles. The number of rotatable bonds is 9. The van der Waals surface area contributed by atoms with E-state index in [0.717, 1.165) is 69.6 Å². The zero-order chi connectivity index (χ0) is 21.2. The molecule has 7 nitrogen and oxygen atoms in total. The molecule has 7 heteroatoms. The molecule has 2 N–H and O–H groups in total. The third-order valence-electron chi connectivity index (χ3n) is 5.48. The van der Waals surface area contributed by atoms with Gasteiger partial charge in [-0.05, 0) is 52.3 Å². The van der Waals surface area contributed by atoms with Gasteiger partial charge in [-0.3, -0.25) is 4.90 Å². The third-order valence-corrected chi connectivity index (χ3v) is 5.48. The van der Waals surface area contributed by atoms with Crippen molar-refractivity contribution >= 4 is 11.6 Å². The van der Waals surface area contributed by atoms with E-state index in [4.69, 9.17) is 4.42 Å². The molecule has 0 atom stereocenters. The Morgan fingerprint density at radius 3 is 2.50 bits per heavy atom. The van der Waals surface area contributed by atoms with Crippen LogP contribution in [0.15, 0.2) is 39.7 Å². The van der Waals surface area contributed by atoms with Crippen LogP contribution < -0.4 is 15.5 Å². The number of nitrogens with one attached hydrogen (secondary N) is 2. The molecule has 1 saturated heterocycles. The zero-order valence-electron chi connectivity index (χ0n) is 18.7. The minimum atomic E-state index is 0.454. The number of aliphatic imine (C=N–C) groups is 1. The van der Waals surface area contributed by atoms with E-state index in [1.807, 2.05) is 13.8 Å². The fourth-order valence-corrected chi connectivity index (χ4v) is 3.63. The summed E-state index contributed by atoms with van der Waals surface area (Å²) in [5.41, 5.74) is 2.27. The van der Waals surface area contributed by atoms with Gasteiger partial charge in [0.1, 0.15) is 12.3 Å². The molecule has 1 aliphatic rings. The Labute approximate surface area is 180 Å². The van der Waals surface area contributed by atoms with E-state index in [9.17, 15) is 0 Å². The lowest BCUT2D eigenvalue weighted by Gasteiger charge is -2.36. The SMILES string of the molecule is CCNC(=NCc1nc(C)c(C)o1)NCCCCN1CCN(c2ccccc2)CC1. The van der Waals surface area contributed by atoms with Crippen LogP contribution in [0.3, 0.4) is 0 Å². The van der Waals surface area contributed by atoms with Gasteiger partial charge in [0.25, 0.3) is 0 Å². The number of guanidine groups is 1. The van der Waals surface area contributed by atoms with E-state index >= 15 is 0 Å². The molecule has 0 aliphatic carbocycles. The van der Waals surface area contributed by atoms with Crippen molar-refractivity contribution in [1.29, 1.82) is 0 Å². The van der Waals surface area contributed by atoms with Crippen LogP contribution in [0.25, 0.3) is 0 Å². The summed E-state index contributed by atoms with van der Waals surface area (Å²) in [7, 11) is 0. The molecule has 164 valence electrons. The molecule has 0 amide bonds. The minimum Gasteiger partial charge on any atom is -0.444 e. The second kappa shape index (κ2) is 11.6. The van der Waals surface area contributed by atoms with E-state index < -0.39 is 0 Å². The van der Waals surface area contributed by atoms with Crippen molar-refractivity contribution in [1.82, 2.24) is 20.5 Å². The summed E-state index contributed by atoms with van der Waals surface area (Å²) < 4.78 is 5.61. The molecule has 0 radical (unpaired) electrons. The summed E-state index contributed by atoms with van der Waals surface area (Å²) in [5.74, 6) is 2.35. The number of unbranched alkanes of at least 4 members (excludes halogenated alkanes) is 1. The molecule has 0 unspecified atom stereocenters. The Balaban J connectivity index is 1.32. The Morgan fingerprint density at radius 1 is 1.07 bits per heavy atom. The summed E-state index contributed by atoms with van der Waals surface area (Å²) in [4.78, 5) is 14.0. The smallest absolute Gasteiger partial charge is 0.216 e. The molecular weight excluding hydrogens is 376 g/mol. The van der Waals surface area contributed by atoms with Gasteiger partial charge in [0, 0.05) is 45.0 Å². The molecule has 1 aromatic heterocycles. The van der Waals surface area contributed by atoms with Crippen LogP contribution in [-0.4, -0.2) is 61.7 Å². The molecule has 0 saturated carbocycles. The number of aromatic nitrogens is 1. The Kier molecular flexibility index (Phi) is 8.56. The van der Waals surface area contributed by atoms with Crippen LogP contribution in [0.2, 0.25) is 0 Å². The number of oxazole rings is 1. The summed E-state index contributed by atoms with van der Waals surface area (Å²) >= 11 is 0. The van der Waals surface area contributed by atoms with E-state index in [0.29, 0.717) is 12.4 Å². The number of nitrogens with zero attached hydrogens (tertiary/aromatic N) is 4. The lowest BCUT2D eigenvalue weighted by atomic mass is 10.2. The molecule has 2 heterocycles. The number of hydrogen-bond acceptors (Lipinski definition) is 5. The van der Waals surface area contributed by atoms with Crippen LogP contribution in [0.5, 0.6) is 0 Å². The minimum absolute atomic E-state index is 0.454. The first kappa shape index (κ1) is 22.2. The average Bonchev–Trinajstić information content (AvgIpc) is 3.10. The van der Waals surface area contributed by atoms with Crippen LogP contribution in [0.1, 0.15) is 37.1 Å². The highest BCUT2D eigenvalue weighted by molar-refractivity contribution is 5.79. The van der Waals surface area contributed by atoms with Crippen molar-refractivity contribution in [2.75, 3.05) is 50.7 Å². The highest BCUT2D eigenvalue weighted by Gasteiger charge is 2.16. The predicted octanol–water partition coefficient (Wildman–Crippen LogP) is 2.95. The van der Waals surface area contributed by atoms with Gasteiger partial charge >= 0.3 is 0 Å². The monoisotopic (exact) mass is 412 g/mol. The standard InChI is InChI=1S/C23H36N6O/c1-4-24-23(26-18-22-27-19(2)20(3)30-22)25-12-8-9-13-28-14-16-29(17-15-28)21-10-6-5-7-11-21/h5-7,10-11H,4,8-9,12-18H2,1-3H3,(H2,24,25,26). The molecule has 0 bridgehead atoms. The Bertz CT molecular complexity index is 761. The summed E-state index contributed by atoms with van der Waals surface area (Å²) in [6, 6.07) is 10.7. The molecule has 0 spiro atoms. The van der Waals surface area contributed by atoms with E-state index in [1.54, 1.807) is 0 Å². The van der Waals surface area contributed by atoms with Gasteiger partial charge in [0.2, 0.25) is 5.89 Å². The van der Waals surface area contributed by atoms with Gasteiger partial charge in [0.15, 0.2) is 5.96 Å². The maximum atomic E-state index is 5.61. The summed E-state index contributed by atoms with van der Waals surface area (Å²) in [6.45, 7) is 13.8. The molecule has 3 rings (SSSR count). The maximum absolute atomic E-state index is 5.61. The van der Waals surface area contributed by atoms with Gasteiger partial charge in [-0.1, -0.05) is 18.2 Å². The fourth-order valence-electron chi connectivity index (χ4n) is 3.63. The highest BCUT2D eigenvalue weighted by Crippen LogP contribution is 2.15. The summed E-state index contributed by atoms with van der Waals surface area (Å²) in [6.07, 6.45) is 2.32. The first-order chi connectivity index (χ1) is 14.7. The zero-order valence-corrected chi connectivity index (χ0v) is 18.7. The second-order valence-corrected chi connectivity index (χ2v) is 7.74. The number of aryl methyl sites for hydroxylation is 2. The Hall–Kier alpha value is -2.54. The van der Waals surface area contributed by atoms with E-state index in [1.165, 1.54) is 12.1 Å². The molecule has 1 fully saturated rings. The van der Waals surface area contributed by atoms with Crippen molar-refractivity contribution < 1.29 is 4.42 Å². The van der Waals surface area contributed by atoms with Crippen molar-refractivity contribution in [2.45, 2.75) is 40.2 Å². The van der Waals surface area contributed by atoms with Crippen molar-refractivity contribution in [2.24, 2.45) is 4.99 Å². The van der Waals surface area contributed by atoms with Crippen molar-refractivity contribution in [3.63, 3.8) is 0 Å². The molecule has 2 aromatic rings. The van der Waals surface area contributed by atoms with Crippen LogP contribution >= 0.6 is 0 Å².